The van der Waals surface area contributed by atoms with Crippen LogP contribution in [-0.4, -0.2) is 21.8 Å². The minimum Gasteiger partial charge on any atom is -0.481 e. The van der Waals surface area contributed by atoms with Crippen molar-refractivity contribution in [3.8, 4) is 0 Å². The minimum absolute atomic E-state index is 0.0709. The molecule has 0 amide bonds. The van der Waals surface area contributed by atoms with Gasteiger partial charge in [-0.1, -0.05) is 43.7 Å². The smallest absolute Gasteiger partial charge is 0.306 e. The van der Waals surface area contributed by atoms with Crippen LogP contribution in [0, 0.1) is 12.8 Å². The third kappa shape index (κ3) is 4.15. The van der Waals surface area contributed by atoms with Crippen molar-refractivity contribution in [3.05, 3.63) is 35.4 Å². The highest BCUT2D eigenvalue weighted by Crippen LogP contribution is 2.27. The average Bonchev–Trinajstić information content (AvgIpc) is 2.25. The first-order valence-corrected chi connectivity index (χ1v) is 6.33. The van der Waals surface area contributed by atoms with Crippen LogP contribution < -0.4 is 0 Å². The molecule has 0 fully saturated rings. The van der Waals surface area contributed by atoms with Crippen LogP contribution >= 0.6 is 0 Å². The van der Waals surface area contributed by atoms with E-state index < -0.39 is 11.6 Å². The molecule has 0 heterocycles. The Bertz CT molecular complexity index is 412. The van der Waals surface area contributed by atoms with E-state index in [1.54, 1.807) is 0 Å². The number of carboxylic acid groups (broad SMARTS) is 1. The van der Waals surface area contributed by atoms with Crippen LogP contribution in [0.4, 0.5) is 0 Å². The van der Waals surface area contributed by atoms with Crippen molar-refractivity contribution in [2.75, 3.05) is 0 Å². The standard InChI is InChI=1S/C15H22O3/c1-11(2)15(18,10-14(16)17)8-7-13-6-4-5-12(3)9-13/h4-6,9,11,18H,7-8,10H2,1-3H3,(H,16,17). The number of aryl methyl sites for hydroxylation is 2. The Labute approximate surface area is 108 Å². The third-order valence-electron chi connectivity index (χ3n) is 3.46. The molecule has 0 bridgehead atoms. The normalized spacial score (nSPS) is 14.5. The highest BCUT2D eigenvalue weighted by atomic mass is 16.4. The summed E-state index contributed by atoms with van der Waals surface area (Å²) >= 11 is 0. The zero-order chi connectivity index (χ0) is 13.8. The molecule has 0 spiro atoms. The maximum Gasteiger partial charge on any atom is 0.306 e. The molecule has 1 unspecified atom stereocenters. The van der Waals surface area contributed by atoms with Gasteiger partial charge in [0, 0.05) is 0 Å². The molecule has 0 saturated carbocycles. The molecule has 0 saturated heterocycles. The molecule has 100 valence electrons. The Morgan fingerprint density at radius 2 is 2.06 bits per heavy atom. The zero-order valence-corrected chi connectivity index (χ0v) is 11.3. The van der Waals surface area contributed by atoms with Gasteiger partial charge in [0.1, 0.15) is 0 Å². The Hall–Kier alpha value is -1.35. The molecule has 1 aromatic rings. The van der Waals surface area contributed by atoms with Crippen molar-refractivity contribution in [3.63, 3.8) is 0 Å². The van der Waals surface area contributed by atoms with E-state index in [0.717, 1.165) is 5.56 Å². The molecule has 1 atom stereocenters. The van der Waals surface area contributed by atoms with Crippen LogP contribution in [0.5, 0.6) is 0 Å². The highest BCUT2D eigenvalue weighted by molar-refractivity contribution is 5.68. The number of benzene rings is 1. The first-order valence-electron chi connectivity index (χ1n) is 6.33. The van der Waals surface area contributed by atoms with Crippen LogP contribution in [0.3, 0.4) is 0 Å². The van der Waals surface area contributed by atoms with Gasteiger partial charge in [-0.15, -0.1) is 0 Å². The fourth-order valence-electron chi connectivity index (χ4n) is 2.07. The van der Waals surface area contributed by atoms with E-state index in [2.05, 4.69) is 6.07 Å². The van der Waals surface area contributed by atoms with Crippen LogP contribution in [-0.2, 0) is 11.2 Å². The van der Waals surface area contributed by atoms with E-state index in [0.29, 0.717) is 12.8 Å². The molecule has 1 aromatic carbocycles. The summed E-state index contributed by atoms with van der Waals surface area (Å²) in [5.74, 6) is -1.02. The van der Waals surface area contributed by atoms with Crippen LogP contribution in [0.1, 0.15) is 37.8 Å². The molecule has 0 aliphatic rings. The van der Waals surface area contributed by atoms with Crippen molar-refractivity contribution >= 4 is 5.97 Å². The molecule has 1 rings (SSSR count). The molecular weight excluding hydrogens is 228 g/mol. The lowest BCUT2D eigenvalue weighted by Crippen LogP contribution is -2.38. The first-order chi connectivity index (χ1) is 8.33. The Morgan fingerprint density at radius 3 is 2.56 bits per heavy atom. The van der Waals surface area contributed by atoms with Gasteiger partial charge >= 0.3 is 5.97 Å². The molecule has 0 aliphatic carbocycles. The van der Waals surface area contributed by atoms with Gasteiger partial charge < -0.3 is 10.2 Å². The van der Waals surface area contributed by atoms with E-state index in [1.807, 2.05) is 39.0 Å². The largest absolute Gasteiger partial charge is 0.481 e. The SMILES string of the molecule is Cc1cccc(CCC(O)(CC(=O)O)C(C)C)c1. The lowest BCUT2D eigenvalue weighted by Gasteiger charge is -2.30. The maximum absolute atomic E-state index is 10.8. The molecular formula is C15H22O3. The number of aliphatic carboxylic acids is 1. The summed E-state index contributed by atoms with van der Waals surface area (Å²) < 4.78 is 0. The van der Waals surface area contributed by atoms with E-state index >= 15 is 0 Å². The van der Waals surface area contributed by atoms with E-state index in [1.165, 1.54) is 5.56 Å². The average molecular weight is 250 g/mol. The van der Waals surface area contributed by atoms with Gasteiger partial charge in [0.05, 0.1) is 12.0 Å². The fraction of sp³-hybridized carbons (Fsp3) is 0.533. The van der Waals surface area contributed by atoms with Gasteiger partial charge in [-0.2, -0.15) is 0 Å². The fourth-order valence-corrected chi connectivity index (χ4v) is 2.07. The maximum atomic E-state index is 10.8. The number of carboxylic acids is 1. The Balaban J connectivity index is 2.71. The quantitative estimate of drug-likeness (QED) is 0.816. The van der Waals surface area contributed by atoms with Gasteiger partial charge in [0.2, 0.25) is 0 Å². The molecule has 18 heavy (non-hydrogen) atoms. The second-order valence-electron chi connectivity index (χ2n) is 5.32. The summed E-state index contributed by atoms with van der Waals surface area (Å²) in [6.07, 6.45) is 0.973. The second-order valence-corrected chi connectivity index (χ2v) is 5.32. The lowest BCUT2D eigenvalue weighted by atomic mass is 9.82. The summed E-state index contributed by atoms with van der Waals surface area (Å²) in [6.45, 7) is 5.74. The zero-order valence-electron chi connectivity index (χ0n) is 11.3. The van der Waals surface area contributed by atoms with Gasteiger partial charge in [-0.25, -0.2) is 0 Å². The number of aliphatic hydroxyl groups is 1. The van der Waals surface area contributed by atoms with Crippen LogP contribution in [0.25, 0.3) is 0 Å². The molecule has 3 heteroatoms. The Morgan fingerprint density at radius 1 is 1.39 bits per heavy atom. The summed E-state index contributed by atoms with van der Waals surface area (Å²) in [6, 6.07) is 8.09. The van der Waals surface area contributed by atoms with Crippen molar-refractivity contribution in [2.24, 2.45) is 5.92 Å². The Kier molecular flexibility index (Phi) is 4.91. The predicted molar refractivity (Wildman–Crippen MR) is 71.5 cm³/mol. The van der Waals surface area contributed by atoms with Gasteiger partial charge in [0.25, 0.3) is 0 Å². The summed E-state index contributed by atoms with van der Waals surface area (Å²) in [7, 11) is 0. The third-order valence-corrected chi connectivity index (χ3v) is 3.46. The topological polar surface area (TPSA) is 57.5 Å². The number of carbonyl (C=O) groups is 1. The number of rotatable bonds is 6. The van der Waals surface area contributed by atoms with Crippen LogP contribution in [0.15, 0.2) is 24.3 Å². The predicted octanol–water partition coefficient (Wildman–Crippen LogP) is 2.79. The lowest BCUT2D eigenvalue weighted by molar-refractivity contribution is -0.145. The van der Waals surface area contributed by atoms with Crippen molar-refractivity contribution < 1.29 is 15.0 Å². The summed E-state index contributed by atoms with van der Waals surface area (Å²) in [4.78, 5) is 10.8. The summed E-state index contributed by atoms with van der Waals surface area (Å²) in [5, 5.41) is 19.3. The molecule has 0 radical (unpaired) electrons. The second kappa shape index (κ2) is 6.01. The monoisotopic (exact) mass is 250 g/mol. The van der Waals surface area contributed by atoms with Crippen molar-refractivity contribution in [2.45, 2.75) is 45.6 Å². The number of hydrogen-bond donors (Lipinski definition) is 2. The van der Waals surface area contributed by atoms with Crippen molar-refractivity contribution in [1.82, 2.24) is 0 Å². The molecule has 0 aromatic heterocycles. The van der Waals surface area contributed by atoms with Crippen molar-refractivity contribution in [1.29, 1.82) is 0 Å². The van der Waals surface area contributed by atoms with E-state index in [9.17, 15) is 9.90 Å². The van der Waals surface area contributed by atoms with E-state index in [-0.39, 0.29) is 12.3 Å². The van der Waals surface area contributed by atoms with Gasteiger partial charge in [0.15, 0.2) is 0 Å². The first kappa shape index (κ1) is 14.7. The van der Waals surface area contributed by atoms with Crippen LogP contribution in [0.2, 0.25) is 0 Å². The minimum atomic E-state index is -1.13. The number of hydrogen-bond acceptors (Lipinski definition) is 2. The van der Waals surface area contributed by atoms with Gasteiger partial charge in [-0.3, -0.25) is 4.79 Å². The highest BCUT2D eigenvalue weighted by Gasteiger charge is 2.33. The molecule has 0 aliphatic heterocycles. The molecule has 2 N–H and O–H groups in total. The molecule has 3 nitrogen and oxygen atoms in total. The summed E-state index contributed by atoms with van der Waals surface area (Å²) in [5.41, 5.74) is 1.19. The van der Waals surface area contributed by atoms with Gasteiger partial charge in [-0.05, 0) is 31.2 Å². The van der Waals surface area contributed by atoms with E-state index in [4.69, 9.17) is 5.11 Å².